The zero-order chi connectivity index (χ0) is 17.1. The number of thiazole rings is 1. The van der Waals surface area contributed by atoms with Crippen molar-refractivity contribution < 1.29 is 9.59 Å². The summed E-state index contributed by atoms with van der Waals surface area (Å²) in [6, 6.07) is 10.8. The van der Waals surface area contributed by atoms with Crippen molar-refractivity contribution in [1.29, 1.82) is 0 Å². The number of thiophene rings is 1. The van der Waals surface area contributed by atoms with Crippen LogP contribution in [0.4, 0.5) is 0 Å². The summed E-state index contributed by atoms with van der Waals surface area (Å²) in [5.41, 5.74) is 1.38. The van der Waals surface area contributed by atoms with E-state index in [1.807, 2.05) is 17.5 Å². The minimum absolute atomic E-state index is 0.123. The Bertz CT molecular complexity index is 1130. The lowest BCUT2D eigenvalue weighted by Gasteiger charge is -2.29. The molecular weight excluding hydrogens is 374 g/mol. The van der Waals surface area contributed by atoms with E-state index >= 15 is 0 Å². The molecule has 0 saturated carbocycles. The predicted molar refractivity (Wildman–Crippen MR) is 99.1 cm³/mol. The number of benzene rings is 1. The Kier molecular flexibility index (Phi) is 3.25. The summed E-state index contributed by atoms with van der Waals surface area (Å²) in [5.74, 6) is -0.628. The monoisotopic (exact) mass is 383 g/mol. The van der Waals surface area contributed by atoms with Crippen LogP contribution >= 0.6 is 34.4 Å². The minimum atomic E-state index is -0.361. The quantitative estimate of drug-likeness (QED) is 0.688. The highest BCUT2D eigenvalue weighted by atomic mass is 32.2. The van der Waals surface area contributed by atoms with Crippen molar-refractivity contribution in [2.75, 3.05) is 0 Å². The van der Waals surface area contributed by atoms with Crippen LogP contribution in [0.1, 0.15) is 36.4 Å². The molecule has 1 aliphatic carbocycles. The Labute approximate surface area is 154 Å². The van der Waals surface area contributed by atoms with Crippen LogP contribution in [0.15, 0.2) is 62.1 Å². The third-order valence-corrected chi connectivity index (χ3v) is 7.49. The number of aromatic amines is 1. The van der Waals surface area contributed by atoms with Crippen molar-refractivity contribution in [2.24, 2.45) is 0 Å². The molecule has 7 heteroatoms. The molecule has 1 N–H and O–H groups in total. The van der Waals surface area contributed by atoms with Gasteiger partial charge in [-0.3, -0.25) is 14.4 Å². The van der Waals surface area contributed by atoms with E-state index in [-0.39, 0.29) is 22.4 Å². The van der Waals surface area contributed by atoms with Crippen LogP contribution in [0.2, 0.25) is 0 Å². The lowest BCUT2D eigenvalue weighted by Crippen LogP contribution is -2.26. The molecule has 3 heterocycles. The Hall–Kier alpha value is -2.22. The summed E-state index contributed by atoms with van der Waals surface area (Å²) in [6.07, 6.45) is 0. The zero-order valence-corrected chi connectivity index (χ0v) is 15.0. The van der Waals surface area contributed by atoms with Gasteiger partial charge >= 0.3 is 4.87 Å². The fourth-order valence-electron chi connectivity index (χ4n) is 3.29. The van der Waals surface area contributed by atoms with Crippen LogP contribution in [-0.4, -0.2) is 16.6 Å². The van der Waals surface area contributed by atoms with Gasteiger partial charge in [0.05, 0.1) is 20.7 Å². The van der Waals surface area contributed by atoms with Crippen molar-refractivity contribution >= 4 is 46.0 Å². The number of thioether (sulfide) groups is 1. The average molecular weight is 383 g/mol. The number of allylic oxidation sites excluding steroid dienone is 2. The molecule has 0 amide bonds. The number of aromatic nitrogens is 1. The summed E-state index contributed by atoms with van der Waals surface area (Å²) in [6.45, 7) is 0. The molecule has 1 aliphatic heterocycles. The first-order valence-electron chi connectivity index (χ1n) is 7.52. The highest BCUT2D eigenvalue weighted by Crippen LogP contribution is 2.52. The van der Waals surface area contributed by atoms with Gasteiger partial charge in [0.1, 0.15) is 0 Å². The van der Waals surface area contributed by atoms with E-state index < -0.39 is 0 Å². The predicted octanol–water partition coefficient (Wildman–Crippen LogP) is 4.07. The second-order valence-corrected chi connectivity index (χ2v) is 8.72. The number of carbonyl (C=O) groups excluding carboxylic acids is 2. The highest BCUT2D eigenvalue weighted by molar-refractivity contribution is 8.04. The van der Waals surface area contributed by atoms with Crippen LogP contribution in [0, 0.1) is 0 Å². The molecule has 4 nitrogen and oxygen atoms in total. The fourth-order valence-corrected chi connectivity index (χ4v) is 6.47. The molecule has 0 unspecified atom stereocenters. The number of fused-ring (bicyclic) bond motifs is 2. The first kappa shape index (κ1) is 15.1. The Morgan fingerprint density at radius 2 is 1.68 bits per heavy atom. The van der Waals surface area contributed by atoms with Gasteiger partial charge in [-0.05, 0) is 11.4 Å². The average Bonchev–Trinajstić information content (AvgIpc) is 3.26. The fraction of sp³-hybridized carbons (Fsp3) is 0.0556. The van der Waals surface area contributed by atoms with E-state index in [9.17, 15) is 14.4 Å². The third-order valence-electron chi connectivity index (χ3n) is 4.34. The number of ketones is 2. The second-order valence-electron chi connectivity index (χ2n) is 5.71. The van der Waals surface area contributed by atoms with Crippen molar-refractivity contribution in [1.82, 2.24) is 4.98 Å². The Morgan fingerprint density at radius 1 is 0.920 bits per heavy atom. The number of rotatable bonds is 1. The molecule has 0 bridgehead atoms. The van der Waals surface area contributed by atoms with Crippen molar-refractivity contribution in [2.45, 2.75) is 10.9 Å². The van der Waals surface area contributed by atoms with Crippen LogP contribution < -0.4 is 4.87 Å². The van der Waals surface area contributed by atoms with Crippen LogP contribution in [0.5, 0.6) is 0 Å². The number of nitrogens with one attached hydrogen (secondary N) is 1. The van der Waals surface area contributed by atoms with Gasteiger partial charge in [-0.2, -0.15) is 0 Å². The summed E-state index contributed by atoms with van der Waals surface area (Å²) >= 11 is 3.85. The molecule has 0 saturated heterocycles. The summed E-state index contributed by atoms with van der Waals surface area (Å²) < 4.78 is 0. The maximum absolute atomic E-state index is 13.2. The van der Waals surface area contributed by atoms with E-state index in [0.29, 0.717) is 26.6 Å². The molecule has 5 rings (SSSR count). The molecule has 1 atom stereocenters. The van der Waals surface area contributed by atoms with Gasteiger partial charge in [-0.25, -0.2) is 0 Å². The van der Waals surface area contributed by atoms with Crippen molar-refractivity contribution in [3.05, 3.63) is 82.8 Å². The van der Waals surface area contributed by atoms with Crippen molar-refractivity contribution in [3.8, 4) is 0 Å². The van der Waals surface area contributed by atoms with Crippen LogP contribution in [-0.2, 0) is 0 Å². The number of H-pyrrole nitrogens is 1. The number of Topliss-reactive ketones (excluding diaryl/α,β-unsaturated/α-hetero) is 2. The zero-order valence-electron chi connectivity index (χ0n) is 12.6. The molecule has 25 heavy (non-hydrogen) atoms. The van der Waals surface area contributed by atoms with Gasteiger partial charge in [0.25, 0.3) is 0 Å². The van der Waals surface area contributed by atoms with E-state index in [4.69, 9.17) is 0 Å². The molecule has 0 spiro atoms. The normalized spacial score (nSPS) is 18.8. The lowest BCUT2D eigenvalue weighted by molar-refractivity contribution is 0.0977. The minimum Gasteiger partial charge on any atom is -0.307 e. The lowest BCUT2D eigenvalue weighted by atomic mass is 9.82. The molecule has 122 valence electrons. The maximum Gasteiger partial charge on any atom is 0.305 e. The number of carbonyl (C=O) groups is 2. The standard InChI is InChI=1S/C18H9NO3S3/c20-13-8-4-1-2-5-9(8)14(21)15-12(13)11(10-6-3-7-23-10)16-17(24-15)19-18(22)25-16/h1-7,11H,(H,19,22)/t11-/m1/s1. The van der Waals surface area contributed by atoms with E-state index in [0.717, 1.165) is 21.1 Å². The third kappa shape index (κ3) is 2.09. The molecule has 0 radical (unpaired) electrons. The van der Waals surface area contributed by atoms with E-state index in [2.05, 4.69) is 4.98 Å². The molecule has 0 fully saturated rings. The summed E-state index contributed by atoms with van der Waals surface area (Å²) in [5, 5.41) is 2.61. The van der Waals surface area contributed by atoms with E-state index in [1.54, 1.807) is 24.3 Å². The van der Waals surface area contributed by atoms with Crippen LogP contribution in [0.3, 0.4) is 0 Å². The Balaban J connectivity index is 1.81. The van der Waals surface area contributed by atoms with Crippen LogP contribution in [0.25, 0.3) is 0 Å². The molecular formula is C18H9NO3S3. The number of hydrogen-bond donors (Lipinski definition) is 1. The maximum atomic E-state index is 13.2. The van der Waals surface area contributed by atoms with Crippen molar-refractivity contribution in [3.63, 3.8) is 0 Å². The summed E-state index contributed by atoms with van der Waals surface area (Å²) in [7, 11) is 0. The molecule has 2 aromatic heterocycles. The van der Waals surface area contributed by atoms with Gasteiger partial charge in [-0.1, -0.05) is 53.4 Å². The first-order valence-corrected chi connectivity index (χ1v) is 10.0. The largest absolute Gasteiger partial charge is 0.307 e. The van der Waals surface area contributed by atoms with Gasteiger partial charge in [0.2, 0.25) is 5.78 Å². The Morgan fingerprint density at radius 3 is 2.40 bits per heavy atom. The second kappa shape index (κ2) is 5.39. The molecule has 2 aliphatic rings. The van der Waals surface area contributed by atoms with E-state index in [1.165, 1.54) is 23.1 Å². The highest BCUT2D eigenvalue weighted by Gasteiger charge is 2.43. The molecule has 3 aromatic rings. The number of hydrogen-bond acceptors (Lipinski definition) is 6. The van der Waals surface area contributed by atoms with Gasteiger partial charge in [0, 0.05) is 21.6 Å². The summed E-state index contributed by atoms with van der Waals surface area (Å²) in [4.78, 5) is 43.0. The topological polar surface area (TPSA) is 67.0 Å². The van der Waals surface area contributed by atoms with Gasteiger partial charge < -0.3 is 4.98 Å². The van der Waals surface area contributed by atoms with Gasteiger partial charge in [-0.15, -0.1) is 11.3 Å². The molecule has 1 aromatic carbocycles. The first-order chi connectivity index (χ1) is 12.1. The van der Waals surface area contributed by atoms with Gasteiger partial charge in [0.15, 0.2) is 5.78 Å². The SMILES string of the molecule is O=C1C2=C(C(=O)c3ccccc31)[C@@H](c1cccs1)c1sc(=O)[nH]c1S2. The smallest absolute Gasteiger partial charge is 0.305 e.